The summed E-state index contributed by atoms with van der Waals surface area (Å²) < 4.78 is 39.9. The molecule has 0 saturated carbocycles. The van der Waals surface area contributed by atoms with Crippen LogP contribution in [-0.2, 0) is 30.9 Å². The lowest BCUT2D eigenvalue weighted by molar-refractivity contribution is -0.119. The summed E-state index contributed by atoms with van der Waals surface area (Å²) in [5, 5.41) is 4.85. The fourth-order valence-electron chi connectivity index (χ4n) is 3.63. The van der Waals surface area contributed by atoms with E-state index in [9.17, 15) is 18.0 Å². The molecule has 2 aromatic heterocycles. The Kier molecular flexibility index (Phi) is 6.38. The molecule has 0 bridgehead atoms. The van der Waals surface area contributed by atoms with E-state index in [1.54, 1.807) is 17.5 Å². The number of amides is 1. The highest BCUT2D eigenvalue weighted by atomic mass is 32.2. The van der Waals surface area contributed by atoms with Crippen molar-refractivity contribution in [2.75, 3.05) is 30.7 Å². The smallest absolute Gasteiger partial charge is 0.287 e. The zero-order chi connectivity index (χ0) is 22.9. The van der Waals surface area contributed by atoms with Gasteiger partial charge in [0.05, 0.1) is 12.2 Å². The maximum absolute atomic E-state index is 13.3. The van der Waals surface area contributed by atoms with Gasteiger partial charge in [0.2, 0.25) is 5.91 Å². The number of pyridine rings is 1. The minimum Gasteiger partial charge on any atom is -0.359 e. The van der Waals surface area contributed by atoms with E-state index in [0.717, 1.165) is 17.8 Å². The highest BCUT2D eigenvalue weighted by Crippen LogP contribution is 2.39. The number of carbonyl (C=O) groups excluding carboxylic acids is 2. The van der Waals surface area contributed by atoms with Crippen LogP contribution >= 0.6 is 11.3 Å². The zero-order valence-corrected chi connectivity index (χ0v) is 19.2. The van der Waals surface area contributed by atoms with Gasteiger partial charge in [0.1, 0.15) is 28.3 Å². The molecule has 1 atom stereocenters. The molecule has 0 saturated heterocycles. The van der Waals surface area contributed by atoms with Crippen LogP contribution in [0.25, 0.3) is 0 Å². The van der Waals surface area contributed by atoms with Gasteiger partial charge in [-0.05, 0) is 23.9 Å². The Hall–Kier alpha value is -2.67. The van der Waals surface area contributed by atoms with Crippen LogP contribution in [0, 0.1) is 5.92 Å². The highest BCUT2D eigenvalue weighted by Gasteiger charge is 2.45. The third-order valence-electron chi connectivity index (χ3n) is 5.09. The number of hydrogen-bond donors (Lipinski definition) is 1. The summed E-state index contributed by atoms with van der Waals surface area (Å²) in [5.41, 5.74) is 0.693. The molecule has 1 unspecified atom stereocenters. The van der Waals surface area contributed by atoms with E-state index in [-0.39, 0.29) is 29.7 Å². The van der Waals surface area contributed by atoms with Gasteiger partial charge in [-0.2, -0.15) is 8.42 Å². The van der Waals surface area contributed by atoms with Crippen LogP contribution in [0.2, 0.25) is 0 Å². The molecule has 10 nitrogen and oxygen atoms in total. The first-order chi connectivity index (χ1) is 15.4. The first kappa shape index (κ1) is 22.5. The van der Waals surface area contributed by atoms with Crippen molar-refractivity contribution in [1.29, 1.82) is 0 Å². The monoisotopic (exact) mass is 478 g/mol. The van der Waals surface area contributed by atoms with E-state index >= 15 is 0 Å². The predicted molar refractivity (Wildman–Crippen MR) is 119 cm³/mol. The van der Waals surface area contributed by atoms with Crippen molar-refractivity contribution in [2.45, 2.75) is 31.3 Å². The van der Waals surface area contributed by atoms with Gasteiger partial charge in [-0.1, -0.05) is 13.3 Å². The van der Waals surface area contributed by atoms with Crippen LogP contribution in [0.15, 0.2) is 33.0 Å². The number of aromatic nitrogens is 1. The summed E-state index contributed by atoms with van der Waals surface area (Å²) in [5.74, 6) is -2.37. The number of ketones is 1. The van der Waals surface area contributed by atoms with E-state index in [4.69, 9.17) is 9.47 Å². The number of unbranched alkanes of at least 4 members (excludes halogenated alkanes) is 1. The number of rotatable bonds is 8. The Bertz CT molecular complexity index is 1190. The number of hydrogen-bond acceptors (Lipinski definition) is 9. The number of carbonyl (C=O) groups is 2. The number of sulfonamides is 1. The summed E-state index contributed by atoms with van der Waals surface area (Å²) in [6.45, 7) is 2.39. The van der Waals surface area contributed by atoms with Crippen molar-refractivity contribution < 1.29 is 27.5 Å². The maximum atomic E-state index is 13.3. The normalized spacial score (nSPS) is 19.2. The maximum Gasteiger partial charge on any atom is 0.287 e. The Morgan fingerprint density at radius 1 is 1.31 bits per heavy atom. The number of Topliss-reactive ketones (excluding diaryl/α,β-unsaturated/α-hetero) is 1. The second-order valence-electron chi connectivity index (χ2n) is 7.27. The molecule has 1 amide bonds. The molecule has 4 heterocycles. The second kappa shape index (κ2) is 9.06. The first-order valence-corrected chi connectivity index (χ1v) is 12.3. The number of thiophene rings is 1. The molecule has 0 radical (unpaired) electrons. The number of ether oxygens (including phenoxy) is 2. The molecular weight excluding hydrogens is 456 g/mol. The lowest BCUT2D eigenvalue weighted by Gasteiger charge is -2.33. The van der Waals surface area contributed by atoms with Gasteiger partial charge >= 0.3 is 0 Å². The van der Waals surface area contributed by atoms with E-state index < -0.39 is 27.6 Å². The molecule has 0 fully saturated rings. The summed E-state index contributed by atoms with van der Waals surface area (Å²) in [6.07, 6.45) is 3.07. The average molecular weight is 479 g/mol. The number of anilines is 2. The fraction of sp³-hybridized carbons (Fsp3) is 0.400. The standard InChI is InChI=1S/C20H22N4O6S2/c1-3-4-8-24-18-13(6-5-7-21-18)15(25)14(20(24)26)17-22-19-16(32(27,28)23-17)12(10-31-19)9-30-11-29-2/h5-7,10,14H,3-4,8-9,11H2,1-2H3,(H,22,23). The van der Waals surface area contributed by atoms with Gasteiger partial charge in [0.25, 0.3) is 10.0 Å². The number of methoxy groups -OCH3 is 1. The summed E-state index contributed by atoms with van der Waals surface area (Å²) in [6, 6.07) is 3.20. The molecule has 1 N–H and O–H groups in total. The Morgan fingerprint density at radius 2 is 2.12 bits per heavy atom. The number of nitrogens with one attached hydrogen (secondary N) is 1. The van der Waals surface area contributed by atoms with E-state index in [1.165, 1.54) is 18.2 Å². The van der Waals surface area contributed by atoms with Gasteiger partial charge in [-0.25, -0.2) is 4.98 Å². The number of amidine groups is 1. The highest BCUT2D eigenvalue weighted by molar-refractivity contribution is 7.90. The summed E-state index contributed by atoms with van der Waals surface area (Å²) in [4.78, 5) is 32.2. The SMILES string of the molecule is CCCCN1C(=O)C(C2=NS(=O)(=O)c3c(COCOC)csc3N2)C(=O)c2cccnc21. The van der Waals surface area contributed by atoms with E-state index in [1.807, 2.05) is 6.92 Å². The van der Waals surface area contributed by atoms with Crippen molar-refractivity contribution in [2.24, 2.45) is 10.3 Å². The number of nitrogens with zero attached hydrogens (tertiary/aromatic N) is 3. The number of fused-ring (bicyclic) bond motifs is 2. The average Bonchev–Trinajstić information content (AvgIpc) is 3.18. The largest absolute Gasteiger partial charge is 0.359 e. The summed E-state index contributed by atoms with van der Waals surface area (Å²) >= 11 is 1.14. The minimum absolute atomic E-state index is 0.0111. The quantitative estimate of drug-likeness (QED) is 0.348. The molecule has 0 aromatic carbocycles. The molecule has 2 aliphatic rings. The van der Waals surface area contributed by atoms with E-state index in [2.05, 4.69) is 14.7 Å². The first-order valence-electron chi connectivity index (χ1n) is 9.98. The molecule has 4 rings (SSSR count). The van der Waals surface area contributed by atoms with Crippen LogP contribution in [0.3, 0.4) is 0 Å². The Morgan fingerprint density at radius 3 is 2.88 bits per heavy atom. The zero-order valence-electron chi connectivity index (χ0n) is 17.5. The van der Waals surface area contributed by atoms with Crippen LogP contribution in [-0.4, -0.2) is 51.4 Å². The minimum atomic E-state index is -4.15. The molecule has 2 aliphatic heterocycles. The molecule has 2 aromatic rings. The Balaban J connectivity index is 1.71. The molecule has 170 valence electrons. The van der Waals surface area contributed by atoms with Gasteiger partial charge in [-0.3, -0.25) is 14.5 Å². The van der Waals surface area contributed by atoms with Crippen LogP contribution in [0.4, 0.5) is 10.8 Å². The van der Waals surface area contributed by atoms with Gasteiger partial charge in [0.15, 0.2) is 11.7 Å². The van der Waals surface area contributed by atoms with Crippen molar-refractivity contribution in [3.63, 3.8) is 0 Å². The second-order valence-corrected chi connectivity index (χ2v) is 9.69. The molecule has 0 aliphatic carbocycles. The third kappa shape index (κ3) is 3.94. The van der Waals surface area contributed by atoms with Crippen molar-refractivity contribution in [3.05, 3.63) is 34.8 Å². The fourth-order valence-corrected chi connectivity index (χ4v) is 6.25. The van der Waals surface area contributed by atoms with Gasteiger partial charge < -0.3 is 14.8 Å². The van der Waals surface area contributed by atoms with E-state index in [0.29, 0.717) is 29.3 Å². The van der Waals surface area contributed by atoms with Crippen molar-refractivity contribution in [3.8, 4) is 0 Å². The molecule has 12 heteroatoms. The molecular formula is C20H22N4O6S2. The molecule has 0 spiro atoms. The lowest BCUT2D eigenvalue weighted by atomic mass is 9.91. The van der Waals surface area contributed by atoms with Crippen LogP contribution < -0.4 is 10.2 Å². The summed E-state index contributed by atoms with van der Waals surface area (Å²) in [7, 11) is -2.68. The lowest BCUT2D eigenvalue weighted by Crippen LogP contribution is -2.51. The van der Waals surface area contributed by atoms with Crippen LogP contribution in [0.1, 0.15) is 35.7 Å². The third-order valence-corrected chi connectivity index (χ3v) is 7.58. The van der Waals surface area contributed by atoms with Gasteiger partial charge in [-0.15, -0.1) is 15.7 Å². The molecule has 32 heavy (non-hydrogen) atoms. The van der Waals surface area contributed by atoms with Crippen molar-refractivity contribution >= 4 is 49.7 Å². The topological polar surface area (TPSA) is 127 Å². The van der Waals surface area contributed by atoms with Crippen molar-refractivity contribution in [1.82, 2.24) is 4.98 Å². The Labute approximate surface area is 189 Å². The predicted octanol–water partition coefficient (Wildman–Crippen LogP) is 2.42. The van der Waals surface area contributed by atoms with Gasteiger partial charge in [0, 0.05) is 25.4 Å². The van der Waals surface area contributed by atoms with Crippen LogP contribution in [0.5, 0.6) is 0 Å².